The number of carboxylic acids is 1. The quantitative estimate of drug-likeness (QED) is 0.904. The minimum Gasteiger partial charge on any atom is -0.481 e. The average Bonchev–Trinajstić information content (AvgIpc) is 2.19. The van der Waals surface area contributed by atoms with Gasteiger partial charge in [-0.15, -0.1) is 0 Å². The summed E-state index contributed by atoms with van der Waals surface area (Å²) in [6, 6.07) is 7.51. The largest absolute Gasteiger partial charge is 0.481 e. The minimum absolute atomic E-state index is 0.0386. The van der Waals surface area contributed by atoms with Crippen LogP contribution in [0.3, 0.4) is 0 Å². The lowest BCUT2D eigenvalue weighted by atomic mass is 10.2. The number of hydrogen-bond acceptors (Lipinski definition) is 2. The molecule has 0 saturated carbocycles. The topological polar surface area (TPSA) is 54.4 Å². The summed E-state index contributed by atoms with van der Waals surface area (Å²) in [5.41, 5.74) is 0.960. The van der Waals surface area contributed by atoms with Crippen molar-refractivity contribution in [3.63, 3.8) is 0 Å². The van der Waals surface area contributed by atoms with Gasteiger partial charge in [-0.1, -0.05) is 28.1 Å². The van der Waals surface area contributed by atoms with E-state index >= 15 is 0 Å². The summed E-state index contributed by atoms with van der Waals surface area (Å²) < 4.78 is 12.4. The van der Waals surface area contributed by atoms with Crippen molar-refractivity contribution in [1.29, 1.82) is 0 Å². The highest BCUT2D eigenvalue weighted by molar-refractivity contribution is 9.10. The van der Waals surface area contributed by atoms with E-state index in [1.807, 2.05) is 24.3 Å². The molecule has 1 rings (SSSR count). The maximum Gasteiger partial charge on any atom is 0.304 e. The molecule has 15 heavy (non-hydrogen) atoms. The van der Waals surface area contributed by atoms with Gasteiger partial charge >= 0.3 is 5.97 Å². The predicted octanol–water partition coefficient (Wildman–Crippen LogP) is 2.17. The van der Waals surface area contributed by atoms with Crippen molar-refractivity contribution in [2.75, 3.05) is 5.75 Å². The van der Waals surface area contributed by atoms with E-state index in [4.69, 9.17) is 5.11 Å². The van der Waals surface area contributed by atoms with Gasteiger partial charge in [-0.05, 0) is 17.7 Å². The monoisotopic (exact) mass is 290 g/mol. The highest BCUT2D eigenvalue weighted by atomic mass is 79.9. The number of carbonyl (C=O) groups is 1. The third-order valence-corrected chi connectivity index (χ3v) is 3.63. The van der Waals surface area contributed by atoms with Crippen LogP contribution in [0.25, 0.3) is 0 Å². The van der Waals surface area contributed by atoms with E-state index in [1.54, 1.807) is 0 Å². The van der Waals surface area contributed by atoms with Crippen LogP contribution in [-0.4, -0.2) is 21.0 Å². The van der Waals surface area contributed by atoms with Gasteiger partial charge in [-0.2, -0.15) is 0 Å². The molecule has 0 heterocycles. The van der Waals surface area contributed by atoms with E-state index in [0.29, 0.717) is 5.75 Å². The van der Waals surface area contributed by atoms with Gasteiger partial charge in [0.15, 0.2) is 0 Å². The first-order valence-electron chi connectivity index (χ1n) is 4.39. The molecule has 0 saturated heterocycles. The molecule has 0 amide bonds. The second-order valence-electron chi connectivity index (χ2n) is 3.06. The fraction of sp³-hybridized carbons (Fsp3) is 0.300. The molecule has 0 fully saturated rings. The summed E-state index contributed by atoms with van der Waals surface area (Å²) in [6.07, 6.45) is -0.0386. The Morgan fingerprint density at radius 2 is 1.93 bits per heavy atom. The van der Waals surface area contributed by atoms with Gasteiger partial charge in [0.1, 0.15) is 0 Å². The first-order valence-corrected chi connectivity index (χ1v) is 6.67. The molecule has 1 unspecified atom stereocenters. The molecule has 1 N–H and O–H groups in total. The van der Waals surface area contributed by atoms with Crippen LogP contribution in [-0.2, 0) is 21.3 Å². The molecule has 0 radical (unpaired) electrons. The van der Waals surface area contributed by atoms with Gasteiger partial charge in [0.05, 0.1) is 6.42 Å². The normalized spacial score (nSPS) is 12.3. The van der Waals surface area contributed by atoms with Crippen molar-refractivity contribution in [2.45, 2.75) is 12.2 Å². The van der Waals surface area contributed by atoms with Crippen LogP contribution in [0.5, 0.6) is 0 Å². The summed E-state index contributed by atoms with van der Waals surface area (Å²) in [5, 5.41) is 8.42. The number of carboxylic acid groups (broad SMARTS) is 1. The zero-order valence-corrected chi connectivity index (χ0v) is 10.4. The van der Waals surface area contributed by atoms with Crippen LogP contribution in [0.4, 0.5) is 0 Å². The Hall–Kier alpha value is -0.680. The Balaban J connectivity index is 2.44. The lowest BCUT2D eigenvalue weighted by Crippen LogP contribution is -2.06. The van der Waals surface area contributed by atoms with Crippen molar-refractivity contribution in [2.24, 2.45) is 0 Å². The van der Waals surface area contributed by atoms with Crippen molar-refractivity contribution in [3.8, 4) is 0 Å². The number of halogens is 1. The van der Waals surface area contributed by atoms with Crippen molar-refractivity contribution in [3.05, 3.63) is 34.3 Å². The molecule has 0 aliphatic rings. The molecular weight excluding hydrogens is 280 g/mol. The lowest BCUT2D eigenvalue weighted by molar-refractivity contribution is -0.136. The van der Waals surface area contributed by atoms with E-state index in [9.17, 15) is 9.00 Å². The molecule has 1 atom stereocenters. The van der Waals surface area contributed by atoms with Crippen molar-refractivity contribution < 1.29 is 14.1 Å². The highest BCUT2D eigenvalue weighted by Crippen LogP contribution is 2.12. The van der Waals surface area contributed by atoms with Gasteiger partial charge in [0.2, 0.25) is 0 Å². The lowest BCUT2D eigenvalue weighted by Gasteiger charge is -2.01. The summed E-state index contributed by atoms with van der Waals surface area (Å²) in [4.78, 5) is 10.3. The van der Waals surface area contributed by atoms with Crippen LogP contribution in [0.1, 0.15) is 12.0 Å². The maximum atomic E-state index is 11.4. The Kier molecular flexibility index (Phi) is 4.98. The zero-order valence-electron chi connectivity index (χ0n) is 7.98. The highest BCUT2D eigenvalue weighted by Gasteiger charge is 2.04. The third-order valence-electron chi connectivity index (χ3n) is 1.78. The van der Waals surface area contributed by atoms with E-state index in [-0.39, 0.29) is 12.2 Å². The van der Waals surface area contributed by atoms with Gasteiger partial charge in [0.25, 0.3) is 0 Å². The van der Waals surface area contributed by atoms with Crippen LogP contribution >= 0.6 is 15.9 Å². The van der Waals surface area contributed by atoms with Crippen molar-refractivity contribution >= 4 is 32.7 Å². The molecule has 0 aliphatic heterocycles. The first-order chi connectivity index (χ1) is 7.08. The maximum absolute atomic E-state index is 11.4. The van der Waals surface area contributed by atoms with Gasteiger partial charge in [0, 0.05) is 26.8 Å². The molecule has 3 nitrogen and oxygen atoms in total. The number of benzene rings is 1. The summed E-state index contributed by atoms with van der Waals surface area (Å²) in [6.45, 7) is 0. The first kappa shape index (κ1) is 12.4. The summed E-state index contributed by atoms with van der Waals surface area (Å²) in [5.74, 6) is -0.273. The van der Waals surface area contributed by atoms with E-state index in [0.717, 1.165) is 10.0 Å². The molecule has 5 heteroatoms. The van der Waals surface area contributed by atoms with Crippen LogP contribution in [0.2, 0.25) is 0 Å². The fourth-order valence-electron chi connectivity index (χ4n) is 1.04. The van der Waals surface area contributed by atoms with E-state index in [1.165, 1.54) is 0 Å². The Labute approximate surface area is 99.1 Å². The van der Waals surface area contributed by atoms with Gasteiger partial charge < -0.3 is 5.11 Å². The summed E-state index contributed by atoms with van der Waals surface area (Å²) >= 11 is 3.31. The predicted molar refractivity (Wildman–Crippen MR) is 63.1 cm³/mol. The fourth-order valence-corrected chi connectivity index (χ4v) is 2.42. The Bertz CT molecular complexity index is 361. The zero-order chi connectivity index (χ0) is 11.3. The number of rotatable bonds is 5. The molecule has 1 aromatic carbocycles. The number of aliphatic carboxylic acids is 1. The Morgan fingerprint density at radius 1 is 1.33 bits per heavy atom. The number of hydrogen-bond donors (Lipinski definition) is 1. The third kappa shape index (κ3) is 5.09. The molecular formula is C10H11BrO3S. The SMILES string of the molecule is O=C(O)CCS(=O)Cc1ccc(Br)cc1. The standard InChI is InChI=1S/C10H11BrO3S/c11-9-3-1-8(2-4-9)7-15(14)6-5-10(12)13/h1-4H,5-7H2,(H,12,13). The molecule has 82 valence electrons. The minimum atomic E-state index is -1.09. The van der Waals surface area contributed by atoms with Crippen LogP contribution in [0.15, 0.2) is 28.7 Å². The van der Waals surface area contributed by atoms with E-state index < -0.39 is 16.8 Å². The molecule has 0 bridgehead atoms. The molecule has 0 aliphatic carbocycles. The Morgan fingerprint density at radius 3 is 2.47 bits per heavy atom. The molecule has 0 aromatic heterocycles. The van der Waals surface area contributed by atoms with Crippen LogP contribution in [0, 0.1) is 0 Å². The molecule has 1 aromatic rings. The van der Waals surface area contributed by atoms with Crippen LogP contribution < -0.4 is 0 Å². The second-order valence-corrected chi connectivity index (χ2v) is 5.55. The average molecular weight is 291 g/mol. The summed E-state index contributed by atoms with van der Waals surface area (Å²) in [7, 11) is -1.09. The van der Waals surface area contributed by atoms with E-state index in [2.05, 4.69) is 15.9 Å². The second kappa shape index (κ2) is 6.02. The van der Waals surface area contributed by atoms with Gasteiger partial charge in [-0.3, -0.25) is 9.00 Å². The van der Waals surface area contributed by atoms with Crippen molar-refractivity contribution in [1.82, 2.24) is 0 Å². The smallest absolute Gasteiger partial charge is 0.304 e. The van der Waals surface area contributed by atoms with Gasteiger partial charge in [-0.25, -0.2) is 0 Å². The molecule has 0 spiro atoms.